The van der Waals surface area contributed by atoms with E-state index in [1.165, 1.54) is 11.8 Å². The van der Waals surface area contributed by atoms with E-state index in [1.54, 1.807) is 13.8 Å². The van der Waals surface area contributed by atoms with E-state index in [9.17, 15) is 4.79 Å². The van der Waals surface area contributed by atoms with E-state index in [-0.39, 0.29) is 12.1 Å². The first-order valence-corrected chi connectivity index (χ1v) is 5.23. The van der Waals surface area contributed by atoms with Gasteiger partial charge in [-0.25, -0.2) is 0 Å². The molecule has 0 bridgehead atoms. The van der Waals surface area contributed by atoms with Crippen LogP contribution < -0.4 is 0 Å². The fraction of sp³-hybridized carbons (Fsp3) is 0.875. The van der Waals surface area contributed by atoms with Gasteiger partial charge in [0, 0.05) is 0 Å². The number of aliphatic hydroxyl groups excluding tert-OH is 1. The summed E-state index contributed by atoms with van der Waals surface area (Å²) in [6.07, 6.45) is 0.448. The quantitative estimate of drug-likeness (QED) is 0.505. The van der Waals surface area contributed by atoms with E-state index in [0.717, 1.165) is 12.2 Å². The second-order valence-electron chi connectivity index (χ2n) is 2.50. The molecule has 0 aromatic rings. The minimum absolute atomic E-state index is 0.173. The van der Waals surface area contributed by atoms with Gasteiger partial charge in [-0.15, -0.1) is 0 Å². The van der Waals surface area contributed by atoms with Crippen molar-refractivity contribution in [3.63, 3.8) is 0 Å². The molecule has 0 saturated heterocycles. The van der Waals surface area contributed by atoms with Gasteiger partial charge in [0.25, 0.3) is 0 Å². The number of ether oxygens (including phenoxy) is 1. The second-order valence-corrected chi connectivity index (χ2v) is 3.60. The Bertz CT molecular complexity index is 125. The molecular weight excluding hydrogens is 176 g/mol. The lowest BCUT2D eigenvalue weighted by Crippen LogP contribution is -2.08. The van der Waals surface area contributed by atoms with Gasteiger partial charge in [-0.3, -0.25) is 4.79 Å². The third-order valence-electron chi connectivity index (χ3n) is 1.21. The van der Waals surface area contributed by atoms with E-state index in [4.69, 9.17) is 9.84 Å². The third-order valence-corrected chi connectivity index (χ3v) is 2.17. The molecule has 0 aliphatic carbocycles. The van der Waals surface area contributed by atoms with Gasteiger partial charge in [0.05, 0.1) is 18.5 Å². The highest BCUT2D eigenvalue weighted by atomic mass is 32.2. The normalized spacial score (nSPS) is 12.6. The maximum atomic E-state index is 10.8. The van der Waals surface area contributed by atoms with Crippen molar-refractivity contribution in [3.8, 4) is 0 Å². The molecule has 0 aromatic carbocycles. The van der Waals surface area contributed by atoms with Crippen LogP contribution in [0.15, 0.2) is 0 Å². The van der Waals surface area contributed by atoms with Crippen LogP contribution in [0.5, 0.6) is 0 Å². The van der Waals surface area contributed by atoms with Crippen molar-refractivity contribution < 1.29 is 14.6 Å². The Morgan fingerprint density at radius 1 is 1.67 bits per heavy atom. The molecule has 0 spiro atoms. The van der Waals surface area contributed by atoms with Gasteiger partial charge >= 0.3 is 5.97 Å². The van der Waals surface area contributed by atoms with Crippen LogP contribution in [0.1, 0.15) is 20.3 Å². The van der Waals surface area contributed by atoms with Gasteiger partial charge in [-0.2, -0.15) is 11.8 Å². The summed E-state index contributed by atoms with van der Waals surface area (Å²) < 4.78 is 4.73. The van der Waals surface area contributed by atoms with Gasteiger partial charge in [0.2, 0.25) is 0 Å². The molecule has 0 aliphatic rings. The van der Waals surface area contributed by atoms with E-state index in [2.05, 4.69) is 0 Å². The largest absolute Gasteiger partial charge is 0.465 e. The molecule has 3 nitrogen and oxygen atoms in total. The topological polar surface area (TPSA) is 46.5 Å². The van der Waals surface area contributed by atoms with Gasteiger partial charge in [-0.05, 0) is 26.0 Å². The van der Waals surface area contributed by atoms with Crippen LogP contribution >= 0.6 is 11.8 Å². The minimum atomic E-state index is -0.278. The zero-order valence-electron chi connectivity index (χ0n) is 7.58. The molecule has 0 aliphatic heterocycles. The minimum Gasteiger partial charge on any atom is -0.465 e. The van der Waals surface area contributed by atoms with E-state index >= 15 is 0 Å². The Labute approximate surface area is 77.5 Å². The summed E-state index contributed by atoms with van der Waals surface area (Å²) >= 11 is 1.50. The first-order valence-electron chi connectivity index (χ1n) is 4.08. The summed E-state index contributed by atoms with van der Waals surface area (Å²) in [6.45, 7) is 3.97. The summed E-state index contributed by atoms with van der Waals surface area (Å²) in [5.74, 6) is 1.02. The average Bonchev–Trinajstić information content (AvgIpc) is 1.98. The molecule has 1 unspecified atom stereocenters. The molecule has 0 fully saturated rings. The summed E-state index contributed by atoms with van der Waals surface area (Å²) in [4.78, 5) is 10.8. The molecule has 0 radical (unpaired) electrons. The van der Waals surface area contributed by atoms with Crippen LogP contribution in [0.3, 0.4) is 0 Å². The first kappa shape index (κ1) is 11.8. The van der Waals surface area contributed by atoms with Gasteiger partial charge in [-0.1, -0.05) is 0 Å². The molecule has 12 heavy (non-hydrogen) atoms. The van der Waals surface area contributed by atoms with Gasteiger partial charge in [0.15, 0.2) is 0 Å². The molecular formula is C8H16O3S. The molecule has 1 atom stereocenters. The van der Waals surface area contributed by atoms with Crippen LogP contribution in [-0.4, -0.2) is 35.3 Å². The van der Waals surface area contributed by atoms with Gasteiger partial charge < -0.3 is 9.84 Å². The van der Waals surface area contributed by atoms with Crippen molar-refractivity contribution in [1.29, 1.82) is 0 Å². The lowest BCUT2D eigenvalue weighted by Gasteiger charge is -2.03. The highest BCUT2D eigenvalue weighted by Crippen LogP contribution is 2.04. The second kappa shape index (κ2) is 7.43. The molecule has 0 saturated carbocycles. The van der Waals surface area contributed by atoms with Crippen molar-refractivity contribution >= 4 is 17.7 Å². The Kier molecular flexibility index (Phi) is 7.29. The summed E-state index contributed by atoms with van der Waals surface area (Å²) in [5.41, 5.74) is 0. The number of hydrogen-bond donors (Lipinski definition) is 1. The molecule has 1 N–H and O–H groups in total. The summed E-state index contributed by atoms with van der Waals surface area (Å²) in [7, 11) is 0. The Morgan fingerprint density at radius 3 is 2.83 bits per heavy atom. The highest BCUT2D eigenvalue weighted by Gasteiger charge is 2.01. The molecule has 0 heterocycles. The van der Waals surface area contributed by atoms with Crippen LogP contribution in [0.2, 0.25) is 0 Å². The van der Waals surface area contributed by atoms with Gasteiger partial charge in [0.1, 0.15) is 0 Å². The molecule has 0 amide bonds. The Balaban J connectivity index is 3.14. The fourth-order valence-corrected chi connectivity index (χ4v) is 1.51. The van der Waals surface area contributed by atoms with Crippen molar-refractivity contribution in [3.05, 3.63) is 0 Å². The predicted octanol–water partition coefficient (Wildman–Crippen LogP) is 1.05. The maximum Gasteiger partial charge on any atom is 0.315 e. The number of carbonyl (C=O) groups is 1. The zero-order chi connectivity index (χ0) is 9.40. The summed E-state index contributed by atoms with van der Waals surface area (Å²) in [5, 5.41) is 8.89. The number of thioether (sulfide) groups is 1. The summed E-state index contributed by atoms with van der Waals surface area (Å²) in [6, 6.07) is 0. The maximum absolute atomic E-state index is 10.8. The number of rotatable bonds is 6. The van der Waals surface area contributed by atoms with Crippen molar-refractivity contribution in [2.45, 2.75) is 26.4 Å². The number of hydrogen-bond acceptors (Lipinski definition) is 4. The number of carbonyl (C=O) groups excluding carboxylic acids is 1. The van der Waals surface area contributed by atoms with Crippen LogP contribution in [0.25, 0.3) is 0 Å². The Hall–Kier alpha value is -0.220. The fourth-order valence-electron chi connectivity index (χ4n) is 0.612. The van der Waals surface area contributed by atoms with E-state index in [1.807, 2.05) is 0 Å². The molecule has 0 rings (SSSR count). The third kappa shape index (κ3) is 7.88. The first-order chi connectivity index (χ1) is 5.66. The van der Waals surface area contributed by atoms with Crippen LogP contribution in [-0.2, 0) is 9.53 Å². The lowest BCUT2D eigenvalue weighted by molar-refractivity contribution is -0.139. The molecule has 0 aromatic heterocycles. The van der Waals surface area contributed by atoms with Crippen LogP contribution in [0.4, 0.5) is 0 Å². The predicted molar refractivity (Wildman–Crippen MR) is 50.3 cm³/mol. The monoisotopic (exact) mass is 192 g/mol. The smallest absolute Gasteiger partial charge is 0.315 e. The molecule has 72 valence electrons. The lowest BCUT2D eigenvalue weighted by atomic mass is 10.3. The van der Waals surface area contributed by atoms with Crippen molar-refractivity contribution in [1.82, 2.24) is 0 Å². The SMILES string of the molecule is CCOC(=O)CSCCC(C)O. The zero-order valence-corrected chi connectivity index (χ0v) is 8.39. The van der Waals surface area contributed by atoms with Crippen LogP contribution in [0, 0.1) is 0 Å². The van der Waals surface area contributed by atoms with Crippen molar-refractivity contribution in [2.24, 2.45) is 0 Å². The Morgan fingerprint density at radius 2 is 2.33 bits per heavy atom. The highest BCUT2D eigenvalue weighted by molar-refractivity contribution is 7.99. The number of esters is 1. The van der Waals surface area contributed by atoms with E-state index in [0.29, 0.717) is 12.4 Å². The van der Waals surface area contributed by atoms with Crippen molar-refractivity contribution in [2.75, 3.05) is 18.1 Å². The molecule has 4 heteroatoms. The number of aliphatic hydroxyl groups is 1. The van der Waals surface area contributed by atoms with E-state index < -0.39 is 0 Å². The average molecular weight is 192 g/mol. The standard InChI is InChI=1S/C8H16O3S/c1-3-11-8(10)6-12-5-4-7(2)9/h7,9H,3-6H2,1-2H3.